The van der Waals surface area contributed by atoms with E-state index in [0.29, 0.717) is 0 Å². The van der Waals surface area contributed by atoms with Crippen molar-refractivity contribution >= 4 is 11.6 Å². The summed E-state index contributed by atoms with van der Waals surface area (Å²) in [6, 6.07) is 0. The highest BCUT2D eigenvalue weighted by Gasteiger charge is 1.96. The molecule has 1 aliphatic rings. The van der Waals surface area contributed by atoms with Crippen molar-refractivity contribution in [3.8, 4) is 0 Å². The highest BCUT2D eigenvalue weighted by atomic mass is 35.5. The monoisotopic (exact) mass is 244 g/mol. The van der Waals surface area contributed by atoms with Crippen LogP contribution in [0.2, 0.25) is 0 Å². The van der Waals surface area contributed by atoms with Crippen LogP contribution < -0.4 is 0 Å². The Bertz CT molecular complexity index is 83.3. The number of hydrogen-bond donors (Lipinski definition) is 0. The van der Waals surface area contributed by atoms with E-state index in [4.69, 9.17) is 11.6 Å². The Hall–Kier alpha value is 0.0300. The number of halogens is 1. The van der Waals surface area contributed by atoms with Crippen molar-refractivity contribution in [1.29, 1.82) is 0 Å². The third-order valence-corrected chi connectivity index (χ3v) is 3.25. The first-order valence-electron chi connectivity index (χ1n) is 7.13. The smallest absolute Gasteiger partial charge is 0.00296 e. The third kappa shape index (κ3) is 14.0. The maximum atomic E-state index is 4.76. The lowest BCUT2D eigenvalue weighted by Crippen LogP contribution is -1.80. The van der Waals surface area contributed by atoms with E-state index in [1.54, 1.807) is 0 Å². The van der Waals surface area contributed by atoms with Gasteiger partial charge in [0, 0.05) is 0 Å². The van der Waals surface area contributed by atoms with Gasteiger partial charge in [-0.2, -0.15) is 0 Å². The van der Waals surface area contributed by atoms with Crippen LogP contribution in [0.25, 0.3) is 0 Å². The molecule has 0 heterocycles. The van der Waals surface area contributed by atoms with Gasteiger partial charge in [0.05, 0.1) is 0 Å². The van der Waals surface area contributed by atoms with Gasteiger partial charge in [0.1, 0.15) is 0 Å². The zero-order valence-corrected chi connectivity index (χ0v) is 11.6. The quantitative estimate of drug-likeness (QED) is 0.460. The summed E-state index contributed by atoms with van der Waals surface area (Å²) in [4.78, 5) is 0. The number of rotatable bonds is 0. The molecule has 0 aromatic rings. The van der Waals surface area contributed by atoms with Gasteiger partial charge in [0.2, 0.25) is 0 Å². The second-order valence-electron chi connectivity index (χ2n) is 4.75. The predicted octanol–water partition coefficient (Wildman–Crippen LogP) is 6.44. The lowest BCUT2D eigenvalue weighted by atomic mass is 10.1. The highest BCUT2D eigenvalue weighted by Crippen LogP contribution is 2.15. The Morgan fingerprint density at radius 3 is 0.625 bits per heavy atom. The average Bonchev–Trinajstić information content (AvgIpc) is 2.31. The van der Waals surface area contributed by atoms with E-state index in [-0.39, 0.29) is 0 Å². The zero-order valence-electron chi connectivity index (χ0n) is 10.9. The fourth-order valence-electron chi connectivity index (χ4n) is 2.30. The van der Waals surface area contributed by atoms with Gasteiger partial charge in [-0.3, -0.25) is 0 Å². The molecule has 0 radical (unpaired) electrons. The van der Waals surface area contributed by atoms with Crippen molar-refractivity contribution in [1.82, 2.24) is 0 Å². The molecular weight excluding hydrogens is 216 g/mol. The van der Waals surface area contributed by atoms with Crippen molar-refractivity contribution < 1.29 is 0 Å². The van der Waals surface area contributed by atoms with E-state index in [1.807, 2.05) is 0 Å². The topological polar surface area (TPSA) is 0 Å². The second-order valence-corrected chi connectivity index (χ2v) is 5.06. The summed E-state index contributed by atoms with van der Waals surface area (Å²) in [5.41, 5.74) is 1.22. The van der Waals surface area contributed by atoms with Gasteiger partial charge in [-0.25, -0.2) is 0 Å². The molecule has 1 aliphatic carbocycles. The van der Waals surface area contributed by atoms with E-state index in [0.717, 1.165) is 0 Å². The Labute approximate surface area is 107 Å². The molecule has 1 saturated carbocycles. The van der Waals surface area contributed by atoms with E-state index >= 15 is 0 Å². The lowest BCUT2D eigenvalue weighted by Gasteiger charge is -1.99. The summed E-state index contributed by atoms with van der Waals surface area (Å²) in [6.45, 7) is 3.13. The minimum absolute atomic E-state index is 1.22. The molecule has 1 heteroatoms. The van der Waals surface area contributed by atoms with Crippen LogP contribution in [0, 0.1) is 0 Å². The molecule has 0 aromatic carbocycles. The minimum atomic E-state index is 1.22. The minimum Gasteiger partial charge on any atom is -0.0936 e. The van der Waals surface area contributed by atoms with Gasteiger partial charge in [0.25, 0.3) is 0 Å². The van der Waals surface area contributed by atoms with E-state index in [1.165, 1.54) is 89.0 Å². The van der Waals surface area contributed by atoms with Gasteiger partial charge in [-0.05, 0) is 5.54 Å². The first-order valence-corrected chi connectivity index (χ1v) is 7.56. The molecule has 96 valence electrons. The largest absolute Gasteiger partial charge is 0.0936 e. The van der Waals surface area contributed by atoms with Gasteiger partial charge < -0.3 is 0 Å². The van der Waals surface area contributed by atoms with Crippen LogP contribution in [0.15, 0.2) is 12.1 Å². The fourth-order valence-corrected chi connectivity index (χ4v) is 2.30. The van der Waals surface area contributed by atoms with Gasteiger partial charge in [-0.15, -0.1) is 0 Å². The molecule has 0 aromatic heterocycles. The molecular formula is C15H29Cl. The van der Waals surface area contributed by atoms with E-state index in [9.17, 15) is 0 Å². The highest BCUT2D eigenvalue weighted by molar-refractivity contribution is 6.25. The van der Waals surface area contributed by atoms with Crippen LogP contribution in [0.3, 0.4) is 0 Å². The molecule has 0 bridgehead atoms. The van der Waals surface area contributed by atoms with Crippen LogP contribution in [-0.4, -0.2) is 0 Å². The standard InChI is InChI=1S/C13H26.C2H3Cl/c1-2-4-6-8-10-12-13-11-9-7-5-3-1;1-2-3/h1-13H2;2H,1H2. The normalized spacial score (nSPS) is 20.3. The fraction of sp³-hybridized carbons (Fsp3) is 0.867. The molecule has 1 rings (SSSR count). The van der Waals surface area contributed by atoms with Crippen molar-refractivity contribution in [3.05, 3.63) is 12.1 Å². The molecule has 0 aliphatic heterocycles. The summed E-state index contributed by atoms with van der Waals surface area (Å²) < 4.78 is 0. The molecule has 0 amide bonds. The van der Waals surface area contributed by atoms with Crippen molar-refractivity contribution in [2.75, 3.05) is 0 Å². The second kappa shape index (κ2) is 15.0. The molecule has 0 unspecified atom stereocenters. The molecule has 0 N–H and O–H groups in total. The zero-order chi connectivity index (χ0) is 11.9. The van der Waals surface area contributed by atoms with Crippen molar-refractivity contribution in [2.45, 2.75) is 83.5 Å². The van der Waals surface area contributed by atoms with Crippen molar-refractivity contribution in [2.24, 2.45) is 0 Å². The predicted molar refractivity (Wildman–Crippen MR) is 76.1 cm³/mol. The summed E-state index contributed by atoms with van der Waals surface area (Å²) in [5.74, 6) is 0. The van der Waals surface area contributed by atoms with Crippen molar-refractivity contribution in [3.63, 3.8) is 0 Å². The Kier molecular flexibility index (Phi) is 15.1. The summed E-state index contributed by atoms with van der Waals surface area (Å²) in [6.07, 6.45) is 19.5. The summed E-state index contributed by atoms with van der Waals surface area (Å²) >= 11 is 4.76. The van der Waals surface area contributed by atoms with Crippen LogP contribution in [0.4, 0.5) is 0 Å². The first kappa shape index (κ1) is 16.0. The lowest BCUT2D eigenvalue weighted by molar-refractivity contribution is 0.562. The molecule has 0 atom stereocenters. The first-order chi connectivity index (χ1) is 7.91. The summed E-state index contributed by atoms with van der Waals surface area (Å²) in [5, 5.41) is 0. The molecule has 16 heavy (non-hydrogen) atoms. The average molecular weight is 245 g/mol. The van der Waals surface area contributed by atoms with Gasteiger partial charge in [0.15, 0.2) is 0 Å². The number of hydrogen-bond acceptors (Lipinski definition) is 0. The SMILES string of the molecule is C1CCCCCCCCCCCC1.C=CCl. The van der Waals surface area contributed by atoms with Gasteiger partial charge in [-0.1, -0.05) is 102 Å². The third-order valence-electron chi connectivity index (χ3n) is 3.25. The van der Waals surface area contributed by atoms with E-state index < -0.39 is 0 Å². The summed E-state index contributed by atoms with van der Waals surface area (Å²) in [7, 11) is 0. The van der Waals surface area contributed by atoms with Crippen LogP contribution in [-0.2, 0) is 0 Å². The molecule has 0 spiro atoms. The molecule has 0 saturated heterocycles. The Balaban J connectivity index is 0.000000673. The Morgan fingerprint density at radius 1 is 0.500 bits per heavy atom. The van der Waals surface area contributed by atoms with Crippen LogP contribution >= 0.6 is 11.6 Å². The van der Waals surface area contributed by atoms with Gasteiger partial charge >= 0.3 is 0 Å². The molecule has 0 nitrogen and oxygen atoms in total. The van der Waals surface area contributed by atoms with E-state index in [2.05, 4.69) is 6.58 Å². The maximum Gasteiger partial charge on any atom is -0.00296 e. The van der Waals surface area contributed by atoms with Crippen LogP contribution in [0.1, 0.15) is 83.5 Å². The molecule has 1 fully saturated rings. The van der Waals surface area contributed by atoms with Crippen LogP contribution in [0.5, 0.6) is 0 Å². The maximum absolute atomic E-state index is 4.76. The Morgan fingerprint density at radius 2 is 0.562 bits per heavy atom.